The molecule has 0 amide bonds. The number of hydrogen-bond donors (Lipinski definition) is 0. The van der Waals surface area contributed by atoms with E-state index in [-0.39, 0.29) is 6.10 Å². The second-order valence-corrected chi connectivity index (χ2v) is 7.28. The Kier molecular flexibility index (Phi) is 9.74. The topological polar surface area (TPSA) is 57.3 Å². The van der Waals surface area contributed by atoms with Crippen molar-refractivity contribution in [1.29, 1.82) is 0 Å². The summed E-state index contributed by atoms with van der Waals surface area (Å²) in [5.74, 6) is 0. The first kappa shape index (κ1) is 18.1. The van der Waals surface area contributed by atoms with Gasteiger partial charge in [-0.2, -0.15) is 0 Å². The maximum atomic E-state index is 12.5. The molecule has 1 aliphatic heterocycles. The van der Waals surface area contributed by atoms with Gasteiger partial charge in [-0.3, -0.25) is 4.57 Å². The molecular formula is C14H29O5P. The van der Waals surface area contributed by atoms with Gasteiger partial charge < -0.3 is 18.5 Å². The van der Waals surface area contributed by atoms with Gasteiger partial charge in [0.25, 0.3) is 0 Å². The third-order valence-corrected chi connectivity index (χ3v) is 5.01. The summed E-state index contributed by atoms with van der Waals surface area (Å²) >= 11 is 0. The van der Waals surface area contributed by atoms with Crippen LogP contribution in [0.1, 0.15) is 46.0 Å². The van der Waals surface area contributed by atoms with E-state index < -0.39 is 7.60 Å². The fraction of sp³-hybridized carbons (Fsp3) is 1.00. The number of unbranched alkanes of at least 4 members (excludes halogenated alkanes) is 2. The van der Waals surface area contributed by atoms with Crippen LogP contribution in [0.25, 0.3) is 0 Å². The van der Waals surface area contributed by atoms with Crippen molar-refractivity contribution in [3.8, 4) is 0 Å². The van der Waals surface area contributed by atoms with Gasteiger partial charge in [-0.1, -0.05) is 26.7 Å². The Balaban J connectivity index is 2.17. The zero-order valence-corrected chi connectivity index (χ0v) is 13.7. The van der Waals surface area contributed by atoms with Crippen molar-refractivity contribution in [2.75, 3.05) is 39.2 Å². The fourth-order valence-corrected chi connectivity index (χ4v) is 3.27. The maximum absolute atomic E-state index is 12.5. The van der Waals surface area contributed by atoms with Gasteiger partial charge in [0.2, 0.25) is 0 Å². The Hall–Kier alpha value is 0.0700. The molecule has 0 saturated carbocycles. The van der Waals surface area contributed by atoms with Gasteiger partial charge in [-0.15, -0.1) is 0 Å². The Bertz CT molecular complexity index is 267. The highest BCUT2D eigenvalue weighted by Crippen LogP contribution is 2.49. The van der Waals surface area contributed by atoms with E-state index in [0.29, 0.717) is 39.0 Å². The average molecular weight is 308 g/mol. The molecule has 0 aromatic carbocycles. The molecule has 0 N–H and O–H groups in total. The summed E-state index contributed by atoms with van der Waals surface area (Å²) in [4.78, 5) is 0. The molecule has 1 fully saturated rings. The van der Waals surface area contributed by atoms with Gasteiger partial charge in [0.1, 0.15) is 6.10 Å². The van der Waals surface area contributed by atoms with Crippen LogP contribution in [0.4, 0.5) is 0 Å². The molecule has 6 heteroatoms. The number of rotatable bonds is 14. The lowest BCUT2D eigenvalue weighted by Crippen LogP contribution is -2.07. The first-order valence-corrected chi connectivity index (χ1v) is 9.50. The van der Waals surface area contributed by atoms with E-state index in [2.05, 4.69) is 13.8 Å². The maximum Gasteiger partial charge on any atom is 0.330 e. The molecular weight excluding hydrogens is 279 g/mol. The molecule has 1 aliphatic rings. The minimum absolute atomic E-state index is 0.281. The molecule has 1 saturated heterocycles. The number of hydrogen-bond acceptors (Lipinski definition) is 5. The van der Waals surface area contributed by atoms with E-state index in [1.807, 2.05) is 0 Å². The molecule has 120 valence electrons. The van der Waals surface area contributed by atoms with Crippen LogP contribution in [-0.2, 0) is 23.1 Å². The molecule has 1 rings (SSSR count). The molecule has 1 unspecified atom stereocenters. The van der Waals surface area contributed by atoms with E-state index in [9.17, 15) is 4.57 Å². The van der Waals surface area contributed by atoms with E-state index in [4.69, 9.17) is 18.5 Å². The van der Waals surface area contributed by atoms with Crippen molar-refractivity contribution in [3.05, 3.63) is 0 Å². The van der Waals surface area contributed by atoms with E-state index in [1.165, 1.54) is 0 Å². The predicted octanol–water partition coefficient (Wildman–Crippen LogP) is 3.62. The summed E-state index contributed by atoms with van der Waals surface area (Å²) < 4.78 is 34.1. The van der Waals surface area contributed by atoms with Crippen LogP contribution in [0.3, 0.4) is 0 Å². The zero-order chi connectivity index (χ0) is 14.7. The molecule has 5 nitrogen and oxygen atoms in total. The monoisotopic (exact) mass is 308 g/mol. The van der Waals surface area contributed by atoms with E-state index in [0.717, 1.165) is 32.3 Å². The fourth-order valence-electron chi connectivity index (χ4n) is 1.60. The summed E-state index contributed by atoms with van der Waals surface area (Å²) in [5, 5.41) is 0. The van der Waals surface area contributed by atoms with Crippen molar-refractivity contribution in [2.45, 2.75) is 52.1 Å². The van der Waals surface area contributed by atoms with Crippen molar-refractivity contribution in [3.63, 3.8) is 0 Å². The first-order valence-electron chi connectivity index (χ1n) is 7.77. The molecule has 1 atom stereocenters. The highest BCUT2D eigenvalue weighted by atomic mass is 31.2. The van der Waals surface area contributed by atoms with Crippen LogP contribution in [0.5, 0.6) is 0 Å². The van der Waals surface area contributed by atoms with Gasteiger partial charge in [-0.05, 0) is 19.3 Å². The zero-order valence-electron chi connectivity index (χ0n) is 12.8. The molecule has 20 heavy (non-hydrogen) atoms. The molecule has 0 radical (unpaired) electrons. The van der Waals surface area contributed by atoms with Crippen molar-refractivity contribution >= 4 is 7.60 Å². The largest absolute Gasteiger partial charge is 0.379 e. The van der Waals surface area contributed by atoms with Crippen LogP contribution >= 0.6 is 7.60 Å². The van der Waals surface area contributed by atoms with Gasteiger partial charge in [0, 0.05) is 6.61 Å². The average Bonchev–Trinajstić information content (AvgIpc) is 3.23. The first-order chi connectivity index (χ1) is 9.70. The standard InChI is InChI=1S/C14H29O5P/c1-3-5-9-18-20(15,19-10-6-4-2)11-7-8-16-12-14-13-17-14/h14H,3-13H2,1-2H3. The summed E-state index contributed by atoms with van der Waals surface area (Å²) in [6, 6.07) is 0. The normalized spacial score (nSPS) is 18.4. The summed E-state index contributed by atoms with van der Waals surface area (Å²) in [6.07, 6.45) is 5.30. The summed E-state index contributed by atoms with van der Waals surface area (Å²) in [5.41, 5.74) is 0. The van der Waals surface area contributed by atoms with E-state index >= 15 is 0 Å². The van der Waals surface area contributed by atoms with Gasteiger partial charge >= 0.3 is 7.60 Å². The van der Waals surface area contributed by atoms with E-state index in [1.54, 1.807) is 0 Å². The Labute approximate surface area is 122 Å². The van der Waals surface area contributed by atoms with Crippen LogP contribution < -0.4 is 0 Å². The van der Waals surface area contributed by atoms with Crippen LogP contribution in [0.2, 0.25) is 0 Å². The lowest BCUT2D eigenvalue weighted by atomic mass is 10.4. The summed E-state index contributed by atoms with van der Waals surface area (Å²) in [6.45, 7) is 7.21. The molecule has 0 bridgehead atoms. The Morgan fingerprint density at radius 2 is 1.65 bits per heavy atom. The minimum Gasteiger partial charge on any atom is -0.379 e. The second-order valence-electron chi connectivity index (χ2n) is 5.09. The van der Waals surface area contributed by atoms with Crippen molar-refractivity contribution in [1.82, 2.24) is 0 Å². The molecule has 0 spiro atoms. The highest BCUT2D eigenvalue weighted by molar-refractivity contribution is 7.53. The van der Waals surface area contributed by atoms with Crippen molar-refractivity contribution < 1.29 is 23.1 Å². The SMILES string of the molecule is CCCCOP(=O)(CCCOCC1CO1)OCCCC. The molecule has 0 aromatic rings. The van der Waals surface area contributed by atoms with Crippen LogP contribution in [-0.4, -0.2) is 45.3 Å². The molecule has 0 aromatic heterocycles. The van der Waals surface area contributed by atoms with Gasteiger partial charge in [0.05, 0.1) is 32.6 Å². The van der Waals surface area contributed by atoms with Gasteiger partial charge in [0.15, 0.2) is 0 Å². The molecule has 0 aliphatic carbocycles. The third kappa shape index (κ3) is 9.09. The smallest absolute Gasteiger partial charge is 0.330 e. The number of ether oxygens (including phenoxy) is 2. The van der Waals surface area contributed by atoms with Crippen LogP contribution in [0, 0.1) is 0 Å². The second kappa shape index (κ2) is 10.7. The van der Waals surface area contributed by atoms with Crippen molar-refractivity contribution in [2.24, 2.45) is 0 Å². The minimum atomic E-state index is -2.94. The quantitative estimate of drug-likeness (QED) is 0.279. The van der Waals surface area contributed by atoms with Crippen LogP contribution in [0.15, 0.2) is 0 Å². The van der Waals surface area contributed by atoms with Gasteiger partial charge in [-0.25, -0.2) is 0 Å². The third-order valence-electron chi connectivity index (χ3n) is 3.00. The molecule has 1 heterocycles. The lowest BCUT2D eigenvalue weighted by molar-refractivity contribution is 0.115. The lowest BCUT2D eigenvalue weighted by Gasteiger charge is -2.18. The summed E-state index contributed by atoms with van der Waals surface area (Å²) in [7, 11) is -2.94. The number of epoxide rings is 1. The Morgan fingerprint density at radius 1 is 1.05 bits per heavy atom. The Morgan fingerprint density at radius 3 is 2.15 bits per heavy atom. The highest BCUT2D eigenvalue weighted by Gasteiger charge is 2.25. The predicted molar refractivity (Wildman–Crippen MR) is 79.4 cm³/mol.